The number of β-amino-alcohol motifs (C(OH)–C–C–N with tert-alkyl or cyclic N) is 1. The first-order valence-electron chi connectivity index (χ1n) is 8.50. The van der Waals surface area contributed by atoms with Crippen molar-refractivity contribution < 1.29 is 23.1 Å². The number of halogens is 3. The van der Waals surface area contributed by atoms with Crippen LogP contribution in [-0.4, -0.2) is 28.6 Å². The van der Waals surface area contributed by atoms with Gasteiger partial charge in [-0.2, -0.15) is 13.2 Å². The molecule has 6 heteroatoms. The van der Waals surface area contributed by atoms with Gasteiger partial charge in [-0.1, -0.05) is 12.1 Å². The smallest absolute Gasteiger partial charge is 0.391 e. The minimum absolute atomic E-state index is 0.00543. The monoisotopic (exact) mass is 339 g/mol. The molecule has 4 unspecified atom stereocenters. The highest BCUT2D eigenvalue weighted by atomic mass is 19.4. The Morgan fingerprint density at radius 1 is 1.21 bits per heavy atom. The number of benzene rings is 1. The second kappa shape index (κ2) is 5.48. The number of hydrogen-bond donors (Lipinski definition) is 1. The molecule has 0 radical (unpaired) electrons. The van der Waals surface area contributed by atoms with Gasteiger partial charge in [0.1, 0.15) is 0 Å². The molecule has 1 aromatic rings. The zero-order valence-corrected chi connectivity index (χ0v) is 13.2. The fourth-order valence-corrected chi connectivity index (χ4v) is 4.05. The number of aliphatic hydroxyl groups excluding tert-OH is 1. The van der Waals surface area contributed by atoms with Crippen LogP contribution < -0.4 is 0 Å². The molecule has 0 bridgehead atoms. The molecule has 1 heterocycles. The number of carbonyl (C=O) groups is 1. The number of rotatable bonds is 3. The largest absolute Gasteiger partial charge is 0.416 e. The number of alkyl halides is 3. The topological polar surface area (TPSA) is 40.5 Å². The molecule has 1 aromatic carbocycles. The van der Waals surface area contributed by atoms with Crippen molar-refractivity contribution in [2.24, 2.45) is 17.8 Å². The Hall–Kier alpha value is -1.56. The molecule has 24 heavy (non-hydrogen) atoms. The van der Waals surface area contributed by atoms with E-state index in [1.54, 1.807) is 11.0 Å². The van der Waals surface area contributed by atoms with E-state index in [9.17, 15) is 23.1 Å². The van der Waals surface area contributed by atoms with Gasteiger partial charge >= 0.3 is 6.18 Å². The number of nitrogens with zero attached hydrogens (tertiary/aromatic N) is 1. The summed E-state index contributed by atoms with van der Waals surface area (Å²) < 4.78 is 38.8. The average molecular weight is 339 g/mol. The number of likely N-dealkylation sites (tertiary alicyclic amines) is 1. The first-order valence-corrected chi connectivity index (χ1v) is 8.50. The first kappa shape index (κ1) is 15.9. The van der Waals surface area contributed by atoms with Gasteiger partial charge in [-0.15, -0.1) is 0 Å². The van der Waals surface area contributed by atoms with Crippen LogP contribution in [0, 0.1) is 17.8 Å². The number of aliphatic hydroxyl groups is 1. The highest BCUT2D eigenvalue weighted by Crippen LogP contribution is 2.55. The van der Waals surface area contributed by atoms with Crippen LogP contribution in [0.2, 0.25) is 0 Å². The molecule has 3 aliphatic rings. The SMILES string of the molecule is O=C(C1CC1C1CC1)N1CC(O)CC1c1cccc(C(F)(F)F)c1. The van der Waals surface area contributed by atoms with Gasteiger partial charge in [0.2, 0.25) is 5.91 Å². The lowest BCUT2D eigenvalue weighted by molar-refractivity contribution is -0.137. The normalized spacial score (nSPS) is 32.9. The predicted molar refractivity (Wildman–Crippen MR) is 80.8 cm³/mol. The third-order valence-electron chi connectivity index (χ3n) is 5.55. The second-order valence-electron chi connectivity index (χ2n) is 7.36. The van der Waals surface area contributed by atoms with E-state index in [4.69, 9.17) is 0 Å². The summed E-state index contributed by atoms with van der Waals surface area (Å²) in [5.41, 5.74) is -0.255. The average Bonchev–Trinajstić information content (AvgIpc) is 3.41. The molecular weight excluding hydrogens is 319 g/mol. The Bertz CT molecular complexity index is 656. The lowest BCUT2D eigenvalue weighted by atomic mass is 10.0. The van der Waals surface area contributed by atoms with E-state index in [-0.39, 0.29) is 18.4 Å². The van der Waals surface area contributed by atoms with Gasteiger partial charge in [-0.3, -0.25) is 4.79 Å². The summed E-state index contributed by atoms with van der Waals surface area (Å²) in [6.07, 6.45) is -1.51. The third-order valence-corrected chi connectivity index (χ3v) is 5.55. The van der Waals surface area contributed by atoms with Crippen molar-refractivity contribution >= 4 is 5.91 Å². The molecule has 2 aliphatic carbocycles. The van der Waals surface area contributed by atoms with E-state index in [0.717, 1.165) is 18.6 Å². The van der Waals surface area contributed by atoms with Crippen molar-refractivity contribution in [3.63, 3.8) is 0 Å². The molecule has 1 saturated heterocycles. The van der Waals surface area contributed by atoms with Crippen LogP contribution >= 0.6 is 0 Å². The Morgan fingerprint density at radius 2 is 1.96 bits per heavy atom. The number of amides is 1. The van der Waals surface area contributed by atoms with Crippen LogP contribution in [0.25, 0.3) is 0 Å². The Balaban J connectivity index is 1.55. The van der Waals surface area contributed by atoms with Gasteiger partial charge in [0, 0.05) is 12.5 Å². The molecule has 0 aromatic heterocycles. The molecule has 2 saturated carbocycles. The third kappa shape index (κ3) is 2.92. The number of carbonyl (C=O) groups excluding carboxylic acids is 1. The highest BCUT2D eigenvalue weighted by molar-refractivity contribution is 5.82. The fraction of sp³-hybridized carbons (Fsp3) is 0.611. The van der Waals surface area contributed by atoms with Crippen molar-refractivity contribution in [1.29, 1.82) is 0 Å². The first-order chi connectivity index (χ1) is 11.3. The van der Waals surface area contributed by atoms with Gasteiger partial charge in [-0.05, 0) is 55.2 Å². The minimum atomic E-state index is -4.41. The lowest BCUT2D eigenvalue weighted by Gasteiger charge is -2.25. The Kier molecular flexibility index (Phi) is 3.64. The maximum atomic E-state index is 12.9. The van der Waals surface area contributed by atoms with E-state index in [0.29, 0.717) is 23.8 Å². The van der Waals surface area contributed by atoms with Gasteiger partial charge in [0.25, 0.3) is 0 Å². The van der Waals surface area contributed by atoms with Crippen LogP contribution in [0.3, 0.4) is 0 Å². The van der Waals surface area contributed by atoms with Gasteiger partial charge in [0.05, 0.1) is 17.7 Å². The second-order valence-corrected chi connectivity index (χ2v) is 7.36. The lowest BCUT2D eigenvalue weighted by Crippen LogP contribution is -2.33. The molecule has 130 valence electrons. The molecular formula is C18H20F3NO2. The molecule has 4 rings (SSSR count). The summed E-state index contributed by atoms with van der Waals surface area (Å²) in [6, 6.07) is 4.66. The fourth-order valence-electron chi connectivity index (χ4n) is 4.05. The summed E-state index contributed by atoms with van der Waals surface area (Å²) >= 11 is 0. The van der Waals surface area contributed by atoms with Gasteiger partial charge < -0.3 is 10.0 Å². The van der Waals surface area contributed by atoms with Crippen LogP contribution in [-0.2, 0) is 11.0 Å². The molecule has 1 amide bonds. The quantitative estimate of drug-likeness (QED) is 0.917. The molecule has 0 spiro atoms. The van der Waals surface area contributed by atoms with Crippen molar-refractivity contribution in [3.8, 4) is 0 Å². The van der Waals surface area contributed by atoms with Gasteiger partial charge in [0.15, 0.2) is 0 Å². The molecule has 1 N–H and O–H groups in total. The minimum Gasteiger partial charge on any atom is -0.391 e. The zero-order chi connectivity index (χ0) is 17.1. The highest BCUT2D eigenvalue weighted by Gasteiger charge is 2.53. The van der Waals surface area contributed by atoms with Crippen LogP contribution in [0.15, 0.2) is 24.3 Å². The predicted octanol–water partition coefficient (Wildman–Crippen LogP) is 3.39. The molecule has 4 atom stereocenters. The number of hydrogen-bond acceptors (Lipinski definition) is 2. The maximum Gasteiger partial charge on any atom is 0.416 e. The van der Waals surface area contributed by atoms with Crippen molar-refractivity contribution in [2.45, 2.75) is 44.0 Å². The van der Waals surface area contributed by atoms with E-state index in [2.05, 4.69) is 0 Å². The molecule has 1 aliphatic heterocycles. The van der Waals surface area contributed by atoms with E-state index in [1.165, 1.54) is 18.9 Å². The van der Waals surface area contributed by atoms with E-state index < -0.39 is 23.9 Å². The van der Waals surface area contributed by atoms with Crippen LogP contribution in [0.1, 0.15) is 42.9 Å². The summed E-state index contributed by atoms with van der Waals surface area (Å²) in [7, 11) is 0. The summed E-state index contributed by atoms with van der Waals surface area (Å²) in [6.45, 7) is 0.216. The Morgan fingerprint density at radius 3 is 2.62 bits per heavy atom. The van der Waals surface area contributed by atoms with Crippen molar-refractivity contribution in [1.82, 2.24) is 4.90 Å². The van der Waals surface area contributed by atoms with E-state index in [1.807, 2.05) is 0 Å². The zero-order valence-electron chi connectivity index (χ0n) is 13.2. The Labute approximate surface area is 138 Å². The summed E-state index contributed by atoms with van der Waals surface area (Å²) in [5, 5.41) is 9.98. The van der Waals surface area contributed by atoms with E-state index >= 15 is 0 Å². The summed E-state index contributed by atoms with van der Waals surface area (Å²) in [5.74, 6) is 1.14. The maximum absolute atomic E-state index is 12.9. The van der Waals surface area contributed by atoms with Crippen LogP contribution in [0.4, 0.5) is 13.2 Å². The summed E-state index contributed by atoms with van der Waals surface area (Å²) in [4.78, 5) is 14.4. The molecule has 3 fully saturated rings. The van der Waals surface area contributed by atoms with Crippen molar-refractivity contribution in [3.05, 3.63) is 35.4 Å². The van der Waals surface area contributed by atoms with Crippen molar-refractivity contribution in [2.75, 3.05) is 6.54 Å². The van der Waals surface area contributed by atoms with Crippen LogP contribution in [0.5, 0.6) is 0 Å². The standard InChI is InChI=1S/C18H20F3NO2/c19-18(20,21)12-3-1-2-11(6-12)16-7-13(23)9-22(16)17(24)15-8-14(15)10-4-5-10/h1-3,6,10,13-16,23H,4-5,7-9H2. The van der Waals surface area contributed by atoms with Gasteiger partial charge in [-0.25, -0.2) is 0 Å². The molecule has 3 nitrogen and oxygen atoms in total.